The Labute approximate surface area is 164 Å². The number of oxazole rings is 1. The van der Waals surface area contributed by atoms with Crippen LogP contribution >= 0.6 is 12.2 Å². The molecule has 4 rings (SSSR count). The van der Waals surface area contributed by atoms with E-state index in [1.54, 1.807) is 49.4 Å². The monoisotopic (exact) mass is 392 g/mol. The minimum absolute atomic E-state index is 0.225. The van der Waals surface area contributed by atoms with Gasteiger partial charge in [0.05, 0.1) is 10.9 Å². The standard InChI is InChI=1S/C20H16N4O3S/c1-3-8-24-19(26)14-6-4-12(9-15(14)23-20(24)28)18(25)22-13-5-7-17-16(10-13)21-11(2)27-17/h3-7,9-10H,1,8H2,2H3,(H,22,25)(H,23,28). The fourth-order valence-electron chi connectivity index (χ4n) is 3.01. The zero-order valence-electron chi connectivity index (χ0n) is 15.0. The van der Waals surface area contributed by atoms with Gasteiger partial charge in [0.2, 0.25) is 0 Å². The zero-order valence-corrected chi connectivity index (χ0v) is 15.8. The fourth-order valence-corrected chi connectivity index (χ4v) is 3.28. The second kappa shape index (κ2) is 6.90. The van der Waals surface area contributed by atoms with Gasteiger partial charge in [-0.2, -0.15) is 0 Å². The molecule has 0 saturated carbocycles. The smallest absolute Gasteiger partial charge is 0.262 e. The van der Waals surface area contributed by atoms with Gasteiger partial charge in [0, 0.05) is 24.7 Å². The zero-order chi connectivity index (χ0) is 19.8. The Morgan fingerprint density at radius 2 is 2.18 bits per heavy atom. The summed E-state index contributed by atoms with van der Waals surface area (Å²) in [6.07, 6.45) is 1.60. The lowest BCUT2D eigenvalue weighted by molar-refractivity contribution is 0.102. The molecule has 0 unspecified atom stereocenters. The third kappa shape index (κ3) is 3.14. The van der Waals surface area contributed by atoms with Crippen molar-refractivity contribution in [2.24, 2.45) is 0 Å². The first-order valence-corrected chi connectivity index (χ1v) is 8.93. The molecule has 1 amide bonds. The molecule has 7 nitrogen and oxygen atoms in total. The van der Waals surface area contributed by atoms with Crippen molar-refractivity contribution in [3.05, 3.63) is 75.6 Å². The molecule has 4 aromatic rings. The molecular weight excluding hydrogens is 376 g/mol. The molecule has 2 N–H and O–H groups in total. The van der Waals surface area contributed by atoms with Gasteiger partial charge in [-0.1, -0.05) is 6.08 Å². The summed E-state index contributed by atoms with van der Waals surface area (Å²) in [5.41, 5.74) is 2.60. The highest BCUT2D eigenvalue weighted by Crippen LogP contribution is 2.20. The van der Waals surface area contributed by atoms with Gasteiger partial charge in [-0.25, -0.2) is 4.98 Å². The molecule has 0 bridgehead atoms. The Morgan fingerprint density at radius 3 is 2.96 bits per heavy atom. The summed E-state index contributed by atoms with van der Waals surface area (Å²) in [5.74, 6) is 0.251. The summed E-state index contributed by atoms with van der Waals surface area (Å²) in [6.45, 7) is 5.71. The van der Waals surface area contributed by atoms with Crippen LogP contribution in [0.25, 0.3) is 22.0 Å². The predicted molar refractivity (Wildman–Crippen MR) is 110 cm³/mol. The van der Waals surface area contributed by atoms with Crippen LogP contribution < -0.4 is 10.9 Å². The van der Waals surface area contributed by atoms with Crippen molar-refractivity contribution in [1.82, 2.24) is 14.5 Å². The fraction of sp³-hybridized carbons (Fsp3) is 0.100. The summed E-state index contributed by atoms with van der Waals surface area (Å²) < 4.78 is 7.13. The molecule has 8 heteroatoms. The second-order valence-corrected chi connectivity index (χ2v) is 6.65. The van der Waals surface area contributed by atoms with E-state index in [9.17, 15) is 9.59 Å². The molecular formula is C20H16N4O3S. The van der Waals surface area contributed by atoms with Gasteiger partial charge in [-0.3, -0.25) is 14.2 Å². The third-order valence-electron chi connectivity index (χ3n) is 4.31. The van der Waals surface area contributed by atoms with Gasteiger partial charge >= 0.3 is 0 Å². The van der Waals surface area contributed by atoms with Crippen LogP contribution in [0.15, 0.2) is 58.3 Å². The maximum atomic E-state index is 12.6. The molecule has 2 aromatic heterocycles. The summed E-state index contributed by atoms with van der Waals surface area (Å²) in [5, 5.41) is 3.28. The molecule has 0 atom stereocenters. The van der Waals surface area contributed by atoms with Crippen LogP contribution in [0, 0.1) is 11.7 Å². The number of rotatable bonds is 4. The van der Waals surface area contributed by atoms with Crippen LogP contribution in [0.3, 0.4) is 0 Å². The summed E-state index contributed by atoms with van der Waals surface area (Å²) in [7, 11) is 0. The van der Waals surface area contributed by atoms with Gasteiger partial charge in [-0.15, -0.1) is 6.58 Å². The first-order valence-electron chi connectivity index (χ1n) is 8.52. The Morgan fingerprint density at radius 1 is 1.36 bits per heavy atom. The number of allylic oxidation sites excluding steroid dienone is 1. The lowest BCUT2D eigenvalue weighted by Crippen LogP contribution is -2.22. The number of hydrogen-bond donors (Lipinski definition) is 2. The molecule has 140 valence electrons. The van der Waals surface area contributed by atoms with Gasteiger partial charge in [0.1, 0.15) is 5.52 Å². The van der Waals surface area contributed by atoms with E-state index in [-0.39, 0.29) is 16.2 Å². The average molecular weight is 392 g/mol. The van der Waals surface area contributed by atoms with E-state index >= 15 is 0 Å². The molecule has 2 aromatic carbocycles. The molecule has 2 heterocycles. The molecule has 0 saturated heterocycles. The quantitative estimate of drug-likeness (QED) is 0.405. The van der Waals surface area contributed by atoms with Crippen molar-refractivity contribution < 1.29 is 9.21 Å². The number of aryl methyl sites for hydroxylation is 1. The summed E-state index contributed by atoms with van der Waals surface area (Å²) in [6, 6.07) is 10.1. The maximum Gasteiger partial charge on any atom is 0.262 e. The molecule has 0 spiro atoms. The molecule has 0 aliphatic heterocycles. The average Bonchev–Trinajstić information content (AvgIpc) is 3.04. The summed E-state index contributed by atoms with van der Waals surface area (Å²) in [4.78, 5) is 32.5. The molecule has 28 heavy (non-hydrogen) atoms. The SMILES string of the molecule is C=CCn1c(=S)[nH]c2cc(C(=O)Nc3ccc4oc(C)nc4c3)ccc2c1=O. The topological polar surface area (TPSA) is 92.9 Å². The molecule has 0 fully saturated rings. The van der Waals surface area contributed by atoms with Crippen LogP contribution in [0.2, 0.25) is 0 Å². The van der Waals surface area contributed by atoms with Crippen molar-refractivity contribution in [1.29, 1.82) is 0 Å². The van der Waals surface area contributed by atoms with Crippen LogP contribution in [0.5, 0.6) is 0 Å². The van der Waals surface area contributed by atoms with Gasteiger partial charge in [0.15, 0.2) is 16.2 Å². The van der Waals surface area contributed by atoms with Crippen molar-refractivity contribution in [2.75, 3.05) is 5.32 Å². The van der Waals surface area contributed by atoms with Gasteiger partial charge < -0.3 is 14.7 Å². The molecule has 0 aliphatic rings. The number of carbonyl (C=O) groups excluding carboxylic acids is 1. The van der Waals surface area contributed by atoms with Crippen molar-refractivity contribution in [2.45, 2.75) is 13.5 Å². The highest BCUT2D eigenvalue weighted by Gasteiger charge is 2.11. The number of hydrogen-bond acceptors (Lipinski definition) is 5. The third-order valence-corrected chi connectivity index (χ3v) is 4.63. The molecule has 0 aliphatic carbocycles. The first kappa shape index (κ1) is 17.9. The Hall–Kier alpha value is -3.52. The number of anilines is 1. The number of benzene rings is 2. The highest BCUT2D eigenvalue weighted by atomic mass is 32.1. The summed E-state index contributed by atoms with van der Waals surface area (Å²) >= 11 is 5.24. The largest absolute Gasteiger partial charge is 0.441 e. The van der Waals surface area contributed by atoms with Crippen molar-refractivity contribution in [3.63, 3.8) is 0 Å². The Balaban J connectivity index is 1.68. The number of H-pyrrole nitrogens is 1. The van der Waals surface area contributed by atoms with E-state index in [4.69, 9.17) is 16.6 Å². The molecule has 0 radical (unpaired) electrons. The van der Waals surface area contributed by atoms with Crippen LogP contribution in [0.1, 0.15) is 16.2 Å². The van der Waals surface area contributed by atoms with E-state index in [0.717, 1.165) is 0 Å². The number of amides is 1. The number of aromatic amines is 1. The first-order chi connectivity index (χ1) is 13.5. The van der Waals surface area contributed by atoms with Crippen LogP contribution in [0.4, 0.5) is 5.69 Å². The highest BCUT2D eigenvalue weighted by molar-refractivity contribution is 7.71. The second-order valence-electron chi connectivity index (χ2n) is 6.26. The predicted octanol–water partition coefficient (Wildman–Crippen LogP) is 3.95. The van der Waals surface area contributed by atoms with Gasteiger partial charge in [-0.05, 0) is 48.6 Å². The van der Waals surface area contributed by atoms with E-state index in [0.29, 0.717) is 45.7 Å². The minimum atomic E-state index is -0.309. The van der Waals surface area contributed by atoms with E-state index in [1.165, 1.54) is 4.57 Å². The van der Waals surface area contributed by atoms with Crippen molar-refractivity contribution in [3.8, 4) is 0 Å². The number of aromatic nitrogens is 3. The van der Waals surface area contributed by atoms with Crippen LogP contribution in [-0.4, -0.2) is 20.4 Å². The Kier molecular flexibility index (Phi) is 4.40. The number of nitrogens with zero attached hydrogens (tertiary/aromatic N) is 2. The van der Waals surface area contributed by atoms with Gasteiger partial charge in [0.25, 0.3) is 11.5 Å². The van der Waals surface area contributed by atoms with E-state index in [2.05, 4.69) is 21.9 Å². The lowest BCUT2D eigenvalue weighted by Gasteiger charge is -2.08. The van der Waals surface area contributed by atoms with Crippen molar-refractivity contribution >= 4 is 45.8 Å². The number of nitrogens with one attached hydrogen (secondary N) is 2. The van der Waals surface area contributed by atoms with E-state index < -0.39 is 0 Å². The number of fused-ring (bicyclic) bond motifs is 2. The lowest BCUT2D eigenvalue weighted by atomic mass is 10.1. The Bertz CT molecular complexity index is 1360. The normalized spacial score (nSPS) is 11.0. The minimum Gasteiger partial charge on any atom is -0.441 e. The van der Waals surface area contributed by atoms with E-state index in [1.807, 2.05) is 0 Å². The van der Waals surface area contributed by atoms with Crippen LogP contribution in [-0.2, 0) is 6.54 Å². The maximum absolute atomic E-state index is 12.6. The number of carbonyl (C=O) groups is 1.